The molecule has 2 aromatic rings. The average Bonchev–Trinajstić information content (AvgIpc) is 2.76. The first kappa shape index (κ1) is 13.4. The first-order chi connectivity index (χ1) is 9.65. The van der Waals surface area contributed by atoms with Gasteiger partial charge in [0.25, 0.3) is 0 Å². The Morgan fingerprint density at radius 2 is 1.90 bits per heavy atom. The van der Waals surface area contributed by atoms with Crippen LogP contribution in [0.2, 0.25) is 0 Å². The topological polar surface area (TPSA) is 20.3 Å². The van der Waals surface area contributed by atoms with E-state index in [0.717, 1.165) is 16.5 Å². The summed E-state index contributed by atoms with van der Waals surface area (Å²) in [5.74, 6) is 0.168. The molecule has 0 saturated carbocycles. The number of carbonyl (C=O) groups is 1. The Bertz CT molecular complexity index is 636. The predicted octanol–water partition coefficient (Wildman–Crippen LogP) is 4.08. The van der Waals surface area contributed by atoms with E-state index in [1.165, 1.54) is 11.3 Å². The predicted molar refractivity (Wildman–Crippen MR) is 85.4 cm³/mol. The molecule has 1 aliphatic heterocycles. The second kappa shape index (κ2) is 5.41. The molecule has 0 amide bonds. The van der Waals surface area contributed by atoms with Crippen LogP contribution in [0.15, 0.2) is 53.0 Å². The molecular weight excluding hydrogens is 314 g/mol. The van der Waals surface area contributed by atoms with E-state index in [1.54, 1.807) is 0 Å². The van der Waals surface area contributed by atoms with Gasteiger partial charge in [0.1, 0.15) is 0 Å². The van der Waals surface area contributed by atoms with Gasteiger partial charge in [0, 0.05) is 21.8 Å². The Labute approximate surface area is 127 Å². The molecule has 1 atom stereocenters. The maximum atomic E-state index is 12.4. The van der Waals surface area contributed by atoms with Crippen LogP contribution >= 0.6 is 15.9 Å². The van der Waals surface area contributed by atoms with Gasteiger partial charge in [-0.05, 0) is 37.1 Å². The van der Waals surface area contributed by atoms with Crippen LogP contribution in [0.1, 0.15) is 22.8 Å². The van der Waals surface area contributed by atoms with Crippen LogP contribution in [0.4, 0.5) is 5.69 Å². The van der Waals surface area contributed by atoms with Crippen LogP contribution in [-0.2, 0) is 6.42 Å². The number of hydrogen-bond donors (Lipinski definition) is 0. The number of anilines is 1. The Morgan fingerprint density at radius 1 is 1.20 bits per heavy atom. The van der Waals surface area contributed by atoms with Gasteiger partial charge in [-0.15, -0.1) is 0 Å². The molecule has 0 saturated heterocycles. The molecule has 0 radical (unpaired) electrons. The van der Waals surface area contributed by atoms with E-state index in [0.29, 0.717) is 12.6 Å². The third-order valence-corrected chi connectivity index (χ3v) is 4.36. The summed E-state index contributed by atoms with van der Waals surface area (Å²) in [5.41, 5.74) is 3.30. The lowest BCUT2D eigenvalue weighted by atomic mass is 10.1. The molecule has 1 aliphatic rings. The average molecular weight is 330 g/mol. The van der Waals surface area contributed by atoms with Gasteiger partial charge in [0.05, 0.1) is 6.54 Å². The van der Waals surface area contributed by atoms with Crippen molar-refractivity contribution in [2.24, 2.45) is 0 Å². The largest absolute Gasteiger partial charge is 0.361 e. The summed E-state index contributed by atoms with van der Waals surface area (Å²) in [6.07, 6.45) is 1.02. The molecule has 2 nitrogen and oxygen atoms in total. The van der Waals surface area contributed by atoms with Crippen LogP contribution in [0.5, 0.6) is 0 Å². The summed E-state index contributed by atoms with van der Waals surface area (Å²) < 4.78 is 0.994. The maximum absolute atomic E-state index is 12.4. The first-order valence-corrected chi connectivity index (χ1v) is 7.58. The van der Waals surface area contributed by atoms with Crippen molar-refractivity contribution in [3.8, 4) is 0 Å². The molecule has 0 bridgehead atoms. The molecule has 3 heteroatoms. The summed E-state index contributed by atoms with van der Waals surface area (Å²) in [6, 6.07) is 16.3. The smallest absolute Gasteiger partial charge is 0.182 e. The van der Waals surface area contributed by atoms with Gasteiger partial charge >= 0.3 is 0 Å². The normalized spacial score (nSPS) is 17.1. The van der Waals surface area contributed by atoms with E-state index in [9.17, 15) is 4.79 Å². The highest BCUT2D eigenvalue weighted by molar-refractivity contribution is 9.10. The molecule has 102 valence electrons. The fourth-order valence-corrected chi connectivity index (χ4v) is 3.02. The number of hydrogen-bond acceptors (Lipinski definition) is 2. The third-order valence-electron chi connectivity index (χ3n) is 3.83. The standard InChI is InChI=1S/C17H16BrNO/c1-12-10-14-4-2-3-5-16(14)19(12)11-17(20)13-6-8-15(18)9-7-13/h2-9,12H,10-11H2,1H3. The van der Waals surface area contributed by atoms with Crippen LogP contribution in [0.25, 0.3) is 0 Å². The zero-order valence-corrected chi connectivity index (χ0v) is 12.9. The summed E-state index contributed by atoms with van der Waals surface area (Å²) in [7, 11) is 0. The van der Waals surface area contributed by atoms with Gasteiger partial charge in [-0.1, -0.05) is 46.3 Å². The highest BCUT2D eigenvalue weighted by Crippen LogP contribution is 2.31. The molecular formula is C17H16BrNO. The molecule has 0 spiro atoms. The Morgan fingerprint density at radius 3 is 2.65 bits per heavy atom. The summed E-state index contributed by atoms with van der Waals surface area (Å²) in [5, 5.41) is 0. The summed E-state index contributed by atoms with van der Waals surface area (Å²) >= 11 is 3.39. The second-order valence-electron chi connectivity index (χ2n) is 5.24. The molecule has 2 aromatic carbocycles. The van der Waals surface area contributed by atoms with Crippen molar-refractivity contribution in [2.45, 2.75) is 19.4 Å². The fourth-order valence-electron chi connectivity index (χ4n) is 2.75. The Hall–Kier alpha value is -1.61. The number of fused-ring (bicyclic) bond motifs is 1. The van der Waals surface area contributed by atoms with Crippen molar-refractivity contribution in [2.75, 3.05) is 11.4 Å². The van der Waals surface area contributed by atoms with Crippen LogP contribution < -0.4 is 4.90 Å². The molecule has 0 aromatic heterocycles. The Kier molecular flexibility index (Phi) is 3.62. The third kappa shape index (κ3) is 2.50. The van der Waals surface area contributed by atoms with E-state index in [-0.39, 0.29) is 5.78 Å². The van der Waals surface area contributed by atoms with Crippen LogP contribution in [-0.4, -0.2) is 18.4 Å². The molecule has 3 rings (SSSR count). The van der Waals surface area contributed by atoms with Crippen LogP contribution in [0, 0.1) is 0 Å². The van der Waals surface area contributed by atoms with Gasteiger partial charge in [-0.3, -0.25) is 4.79 Å². The quantitative estimate of drug-likeness (QED) is 0.791. The lowest BCUT2D eigenvalue weighted by Gasteiger charge is -2.24. The lowest BCUT2D eigenvalue weighted by molar-refractivity contribution is 0.0997. The maximum Gasteiger partial charge on any atom is 0.182 e. The fraction of sp³-hybridized carbons (Fsp3) is 0.235. The molecule has 1 unspecified atom stereocenters. The number of Topliss-reactive ketones (excluding diaryl/α,β-unsaturated/α-hetero) is 1. The minimum absolute atomic E-state index is 0.168. The minimum atomic E-state index is 0.168. The van der Waals surface area contributed by atoms with Crippen LogP contribution in [0.3, 0.4) is 0 Å². The van der Waals surface area contributed by atoms with Crippen molar-refractivity contribution in [3.63, 3.8) is 0 Å². The molecule has 1 heterocycles. The number of rotatable bonds is 3. The zero-order valence-electron chi connectivity index (χ0n) is 11.3. The lowest BCUT2D eigenvalue weighted by Crippen LogP contribution is -2.34. The summed E-state index contributed by atoms with van der Waals surface area (Å²) in [6.45, 7) is 2.62. The van der Waals surface area contributed by atoms with Gasteiger partial charge in [0.2, 0.25) is 0 Å². The Balaban J connectivity index is 1.81. The van der Waals surface area contributed by atoms with Gasteiger partial charge < -0.3 is 4.90 Å². The van der Waals surface area contributed by atoms with Gasteiger partial charge in [-0.2, -0.15) is 0 Å². The zero-order chi connectivity index (χ0) is 14.1. The summed E-state index contributed by atoms with van der Waals surface area (Å²) in [4.78, 5) is 14.6. The highest BCUT2D eigenvalue weighted by atomic mass is 79.9. The van der Waals surface area contributed by atoms with E-state index < -0.39 is 0 Å². The number of halogens is 1. The molecule has 0 N–H and O–H groups in total. The second-order valence-corrected chi connectivity index (χ2v) is 6.16. The SMILES string of the molecule is CC1Cc2ccccc2N1CC(=O)c1ccc(Br)cc1. The molecule has 20 heavy (non-hydrogen) atoms. The van der Waals surface area contributed by atoms with Crippen molar-refractivity contribution < 1.29 is 4.79 Å². The number of ketones is 1. The van der Waals surface area contributed by atoms with E-state index in [4.69, 9.17) is 0 Å². The highest BCUT2D eigenvalue weighted by Gasteiger charge is 2.27. The van der Waals surface area contributed by atoms with Crippen molar-refractivity contribution in [1.82, 2.24) is 0 Å². The van der Waals surface area contributed by atoms with Gasteiger partial charge in [0.15, 0.2) is 5.78 Å². The van der Waals surface area contributed by atoms with Crippen molar-refractivity contribution >= 4 is 27.4 Å². The molecule has 0 aliphatic carbocycles. The minimum Gasteiger partial charge on any atom is -0.361 e. The molecule has 0 fully saturated rings. The van der Waals surface area contributed by atoms with E-state index in [2.05, 4.69) is 46.0 Å². The number of nitrogens with zero attached hydrogens (tertiary/aromatic N) is 1. The number of carbonyl (C=O) groups excluding carboxylic acids is 1. The van der Waals surface area contributed by atoms with Crippen molar-refractivity contribution in [3.05, 3.63) is 64.1 Å². The van der Waals surface area contributed by atoms with Crippen molar-refractivity contribution in [1.29, 1.82) is 0 Å². The first-order valence-electron chi connectivity index (χ1n) is 6.78. The van der Waals surface area contributed by atoms with E-state index in [1.807, 2.05) is 30.3 Å². The monoisotopic (exact) mass is 329 g/mol. The number of para-hydroxylation sites is 1. The van der Waals surface area contributed by atoms with Gasteiger partial charge in [-0.25, -0.2) is 0 Å². The number of benzene rings is 2. The van der Waals surface area contributed by atoms with E-state index >= 15 is 0 Å².